The van der Waals surface area contributed by atoms with E-state index in [1.807, 2.05) is 0 Å². The lowest BCUT2D eigenvalue weighted by Crippen LogP contribution is -2.35. The second-order valence-corrected chi connectivity index (χ2v) is 2.72. The molecule has 11 heavy (non-hydrogen) atoms. The van der Waals surface area contributed by atoms with Gasteiger partial charge in [-0.2, -0.15) is 0 Å². The zero-order valence-corrected chi connectivity index (χ0v) is 7.26. The molecule has 2 N–H and O–H groups in total. The molecular weight excluding hydrogens is 142 g/mol. The van der Waals surface area contributed by atoms with Gasteiger partial charge in [-0.1, -0.05) is 19.8 Å². The van der Waals surface area contributed by atoms with Crippen molar-refractivity contribution in [3.63, 3.8) is 0 Å². The van der Waals surface area contributed by atoms with E-state index in [-0.39, 0.29) is 18.6 Å². The summed E-state index contributed by atoms with van der Waals surface area (Å²) in [6, 6.07) is -0.0487. The van der Waals surface area contributed by atoms with Crippen LogP contribution in [-0.4, -0.2) is 23.7 Å². The Kier molecular flexibility index (Phi) is 5.84. The predicted molar refractivity (Wildman–Crippen MR) is 44.2 cm³/mol. The number of aliphatic hydroxyl groups is 1. The average molecular weight is 159 g/mol. The fourth-order valence-electron chi connectivity index (χ4n) is 0.947. The van der Waals surface area contributed by atoms with Crippen molar-refractivity contribution >= 4 is 5.91 Å². The maximum atomic E-state index is 10.6. The number of hydrogen-bond acceptors (Lipinski definition) is 2. The van der Waals surface area contributed by atoms with Crippen molar-refractivity contribution in [2.45, 2.75) is 39.2 Å². The summed E-state index contributed by atoms with van der Waals surface area (Å²) in [5.41, 5.74) is 0. The SMILES string of the molecule is CCCC[C@@H](CO)NC(C)=O. The Hall–Kier alpha value is -0.570. The van der Waals surface area contributed by atoms with E-state index in [1.165, 1.54) is 6.92 Å². The summed E-state index contributed by atoms with van der Waals surface area (Å²) in [4.78, 5) is 10.6. The molecule has 0 heterocycles. The van der Waals surface area contributed by atoms with E-state index in [1.54, 1.807) is 0 Å². The minimum Gasteiger partial charge on any atom is -0.394 e. The van der Waals surface area contributed by atoms with E-state index in [0.717, 1.165) is 19.3 Å². The summed E-state index contributed by atoms with van der Waals surface area (Å²) in [5, 5.41) is 11.5. The van der Waals surface area contributed by atoms with Crippen molar-refractivity contribution in [1.29, 1.82) is 0 Å². The Morgan fingerprint density at radius 2 is 2.27 bits per heavy atom. The highest BCUT2D eigenvalue weighted by Crippen LogP contribution is 1.99. The van der Waals surface area contributed by atoms with Gasteiger partial charge in [-0.05, 0) is 6.42 Å². The van der Waals surface area contributed by atoms with Crippen LogP contribution in [0.2, 0.25) is 0 Å². The summed E-state index contributed by atoms with van der Waals surface area (Å²) in [6.45, 7) is 3.59. The fourth-order valence-corrected chi connectivity index (χ4v) is 0.947. The minimum atomic E-state index is -0.0693. The Labute approximate surface area is 67.8 Å². The zero-order valence-electron chi connectivity index (χ0n) is 7.26. The average Bonchev–Trinajstić information content (AvgIpc) is 1.97. The van der Waals surface area contributed by atoms with Crippen LogP contribution in [0.5, 0.6) is 0 Å². The molecule has 66 valence electrons. The summed E-state index contributed by atoms with van der Waals surface area (Å²) >= 11 is 0. The summed E-state index contributed by atoms with van der Waals surface area (Å²) < 4.78 is 0. The number of carbonyl (C=O) groups is 1. The van der Waals surface area contributed by atoms with Gasteiger partial charge in [0.15, 0.2) is 0 Å². The van der Waals surface area contributed by atoms with Crippen LogP contribution >= 0.6 is 0 Å². The van der Waals surface area contributed by atoms with Crippen molar-refractivity contribution in [3.8, 4) is 0 Å². The van der Waals surface area contributed by atoms with Gasteiger partial charge >= 0.3 is 0 Å². The molecule has 0 aliphatic carbocycles. The first-order valence-electron chi connectivity index (χ1n) is 4.08. The Morgan fingerprint density at radius 1 is 1.64 bits per heavy atom. The Bertz CT molecular complexity index is 115. The first-order chi connectivity index (χ1) is 5.20. The number of nitrogens with one attached hydrogen (secondary N) is 1. The maximum Gasteiger partial charge on any atom is 0.217 e. The molecule has 0 aromatic rings. The van der Waals surface area contributed by atoms with Gasteiger partial charge in [-0.3, -0.25) is 4.79 Å². The molecule has 0 bridgehead atoms. The molecule has 3 nitrogen and oxygen atoms in total. The van der Waals surface area contributed by atoms with E-state index < -0.39 is 0 Å². The van der Waals surface area contributed by atoms with Crippen LogP contribution in [0.15, 0.2) is 0 Å². The lowest BCUT2D eigenvalue weighted by atomic mass is 10.1. The van der Waals surface area contributed by atoms with Gasteiger partial charge in [0.2, 0.25) is 5.91 Å². The van der Waals surface area contributed by atoms with Crippen LogP contribution in [0, 0.1) is 0 Å². The largest absolute Gasteiger partial charge is 0.394 e. The molecule has 1 atom stereocenters. The summed E-state index contributed by atoms with van der Waals surface area (Å²) in [7, 11) is 0. The molecular formula is C8H17NO2. The molecule has 0 saturated heterocycles. The highest BCUT2D eigenvalue weighted by molar-refractivity contribution is 5.73. The molecule has 0 unspecified atom stereocenters. The third kappa shape index (κ3) is 5.85. The van der Waals surface area contributed by atoms with Gasteiger partial charge in [-0.15, -0.1) is 0 Å². The molecule has 0 aromatic heterocycles. The number of rotatable bonds is 5. The summed E-state index contributed by atoms with van der Waals surface area (Å²) in [5.74, 6) is -0.0693. The Balaban J connectivity index is 3.49. The maximum absolute atomic E-state index is 10.6. The summed E-state index contributed by atoms with van der Waals surface area (Å²) in [6.07, 6.45) is 3.01. The molecule has 0 rings (SSSR count). The number of hydrogen-bond donors (Lipinski definition) is 2. The molecule has 0 fully saturated rings. The van der Waals surface area contributed by atoms with Gasteiger partial charge in [0.1, 0.15) is 0 Å². The molecule has 0 aromatic carbocycles. The molecule has 1 amide bonds. The predicted octanol–water partition coefficient (Wildman–Crippen LogP) is 0.674. The highest BCUT2D eigenvalue weighted by atomic mass is 16.3. The first-order valence-corrected chi connectivity index (χ1v) is 4.08. The van der Waals surface area contributed by atoms with Crippen molar-refractivity contribution in [2.75, 3.05) is 6.61 Å². The second-order valence-electron chi connectivity index (χ2n) is 2.72. The van der Waals surface area contributed by atoms with Crippen LogP contribution in [0.4, 0.5) is 0 Å². The molecule has 0 aliphatic heterocycles. The highest BCUT2D eigenvalue weighted by Gasteiger charge is 2.06. The number of carbonyl (C=O) groups excluding carboxylic acids is 1. The van der Waals surface area contributed by atoms with Gasteiger partial charge in [0, 0.05) is 6.92 Å². The first kappa shape index (κ1) is 10.4. The molecule has 0 saturated carbocycles. The van der Waals surface area contributed by atoms with Crippen LogP contribution in [0.1, 0.15) is 33.1 Å². The lowest BCUT2D eigenvalue weighted by Gasteiger charge is -2.13. The number of unbranched alkanes of at least 4 members (excludes halogenated alkanes) is 1. The number of aliphatic hydroxyl groups excluding tert-OH is 1. The third-order valence-electron chi connectivity index (χ3n) is 1.53. The lowest BCUT2D eigenvalue weighted by molar-refractivity contribution is -0.120. The van der Waals surface area contributed by atoms with Gasteiger partial charge in [0.05, 0.1) is 12.6 Å². The fraction of sp³-hybridized carbons (Fsp3) is 0.875. The van der Waals surface area contributed by atoms with E-state index in [2.05, 4.69) is 12.2 Å². The Morgan fingerprint density at radius 3 is 2.64 bits per heavy atom. The van der Waals surface area contributed by atoms with Gasteiger partial charge in [-0.25, -0.2) is 0 Å². The van der Waals surface area contributed by atoms with Crippen LogP contribution < -0.4 is 5.32 Å². The van der Waals surface area contributed by atoms with E-state index in [0.29, 0.717) is 0 Å². The van der Waals surface area contributed by atoms with Gasteiger partial charge < -0.3 is 10.4 Å². The zero-order chi connectivity index (χ0) is 8.69. The van der Waals surface area contributed by atoms with Gasteiger partial charge in [0.25, 0.3) is 0 Å². The van der Waals surface area contributed by atoms with Crippen molar-refractivity contribution in [1.82, 2.24) is 5.32 Å². The second kappa shape index (κ2) is 6.16. The smallest absolute Gasteiger partial charge is 0.217 e. The number of amides is 1. The van der Waals surface area contributed by atoms with Crippen molar-refractivity contribution < 1.29 is 9.90 Å². The molecule has 3 heteroatoms. The standard InChI is InChI=1S/C8H17NO2/c1-3-4-5-8(6-10)9-7(2)11/h8,10H,3-6H2,1-2H3,(H,9,11)/t8-/m0/s1. The monoisotopic (exact) mass is 159 g/mol. The van der Waals surface area contributed by atoms with Crippen molar-refractivity contribution in [2.24, 2.45) is 0 Å². The van der Waals surface area contributed by atoms with E-state index >= 15 is 0 Å². The normalized spacial score (nSPS) is 12.6. The van der Waals surface area contributed by atoms with Crippen molar-refractivity contribution in [3.05, 3.63) is 0 Å². The topological polar surface area (TPSA) is 49.3 Å². The molecule has 0 spiro atoms. The van der Waals surface area contributed by atoms with E-state index in [4.69, 9.17) is 5.11 Å². The van der Waals surface area contributed by atoms with Crippen LogP contribution in [-0.2, 0) is 4.79 Å². The van der Waals surface area contributed by atoms with Crippen LogP contribution in [0.3, 0.4) is 0 Å². The minimum absolute atomic E-state index is 0.0413. The quantitative estimate of drug-likeness (QED) is 0.619. The molecule has 0 aliphatic rings. The van der Waals surface area contributed by atoms with Crippen LogP contribution in [0.25, 0.3) is 0 Å². The van der Waals surface area contributed by atoms with E-state index in [9.17, 15) is 4.79 Å². The third-order valence-corrected chi connectivity index (χ3v) is 1.53. The molecule has 0 radical (unpaired) electrons.